The zero-order valence-corrected chi connectivity index (χ0v) is 31.5. The fourth-order valence-electron chi connectivity index (χ4n) is 5.05. The second-order valence-corrected chi connectivity index (χ2v) is 12.8. The minimum absolute atomic E-state index is 0.00986. The van der Waals surface area contributed by atoms with E-state index in [-0.39, 0.29) is 30.6 Å². The third-order valence-electron chi connectivity index (χ3n) is 8.17. The molecule has 0 aromatic rings. The van der Waals surface area contributed by atoms with E-state index in [2.05, 4.69) is 41.9 Å². The monoisotopic (exact) mass is 692 g/mol. The van der Waals surface area contributed by atoms with Gasteiger partial charge in [-0.15, -0.1) is 0 Å². The average molecular weight is 693 g/mol. The number of hydrogen-bond donors (Lipinski definition) is 3. The van der Waals surface area contributed by atoms with Crippen molar-refractivity contribution in [1.29, 1.82) is 0 Å². The number of methoxy groups -OCH3 is 2. The number of esters is 1. The van der Waals surface area contributed by atoms with Crippen LogP contribution in [0.15, 0.2) is 107 Å². The first kappa shape index (κ1) is 44.0. The van der Waals surface area contributed by atoms with Gasteiger partial charge in [-0.05, 0) is 65.4 Å². The summed E-state index contributed by atoms with van der Waals surface area (Å²) >= 11 is 0. The number of cyclic esters (lactones) is 1. The molecule has 0 aromatic carbocycles. The first-order valence-electron chi connectivity index (χ1n) is 17.3. The summed E-state index contributed by atoms with van der Waals surface area (Å²) in [5.41, 5.74) is 4.42. The lowest BCUT2D eigenvalue weighted by molar-refractivity contribution is -0.144. The lowest BCUT2D eigenvalue weighted by atomic mass is 9.96. The summed E-state index contributed by atoms with van der Waals surface area (Å²) in [7, 11) is 3.42. The lowest BCUT2D eigenvalue weighted by Crippen LogP contribution is -2.46. The Kier molecular flexibility index (Phi) is 22.0. The van der Waals surface area contributed by atoms with E-state index in [9.17, 15) is 19.5 Å². The largest absolute Gasteiger partial charge is 0.454 e. The van der Waals surface area contributed by atoms with Crippen LogP contribution in [0.4, 0.5) is 0 Å². The van der Waals surface area contributed by atoms with Crippen LogP contribution in [0.5, 0.6) is 0 Å². The summed E-state index contributed by atoms with van der Waals surface area (Å²) < 4.78 is 17.5. The van der Waals surface area contributed by atoms with E-state index in [1.807, 2.05) is 89.3 Å². The van der Waals surface area contributed by atoms with E-state index in [1.165, 1.54) is 5.57 Å². The van der Waals surface area contributed by atoms with Gasteiger partial charge < -0.3 is 30.0 Å². The van der Waals surface area contributed by atoms with E-state index in [0.29, 0.717) is 12.0 Å². The Labute approximate surface area is 300 Å². The molecule has 1 aliphatic rings. The van der Waals surface area contributed by atoms with Gasteiger partial charge in [0.25, 0.3) is 0 Å². The Morgan fingerprint density at radius 2 is 1.70 bits per heavy atom. The minimum atomic E-state index is -1.02. The molecule has 0 spiro atoms. The van der Waals surface area contributed by atoms with E-state index < -0.39 is 30.6 Å². The maximum absolute atomic E-state index is 13.4. The number of aliphatic hydroxyl groups excluding tert-OH is 1. The molecule has 1 heterocycles. The molecular weight excluding hydrogens is 632 g/mol. The Morgan fingerprint density at radius 3 is 2.36 bits per heavy atom. The molecule has 2 amide bonds. The highest BCUT2D eigenvalue weighted by atomic mass is 16.5. The summed E-state index contributed by atoms with van der Waals surface area (Å²) in [6.07, 6.45) is 28.4. The van der Waals surface area contributed by atoms with Crippen molar-refractivity contribution in [1.82, 2.24) is 10.6 Å². The van der Waals surface area contributed by atoms with Gasteiger partial charge in [0, 0.05) is 32.3 Å². The molecule has 0 radical (unpaired) electrons. The standard InChI is InChI=1S/C41H60N2O7/c1-29-14-12-18-36(48-8)17-11-10-16-33(5)39(34(6)23-22-32(4)26-42-40(46)38(27-44)43-28-45)50-41(47)35(7)24-30(2)20-21-31(3)25-37(49-9)19-13-15-29/h10-11,13-17,20-25,28,30,33,36-39,44H,12,18-19,26-27H2,1-9H3,(H,42,46)(H,43,45)/b15-13+,16-10+,17-11+,21-20+,29-14+,31-25+,32-22+,34-23+,35-24+. The number of carbonyl (C=O) groups excluding carboxylic acids is 3. The highest BCUT2D eigenvalue weighted by Gasteiger charge is 2.22. The van der Waals surface area contributed by atoms with Crippen molar-refractivity contribution in [2.75, 3.05) is 27.4 Å². The Morgan fingerprint density at radius 1 is 1.00 bits per heavy atom. The third kappa shape index (κ3) is 18.1. The van der Waals surface area contributed by atoms with Gasteiger partial charge >= 0.3 is 5.97 Å². The molecule has 1 rings (SSSR count). The number of allylic oxidation sites excluding steroid dienone is 11. The predicted molar refractivity (Wildman–Crippen MR) is 202 cm³/mol. The topological polar surface area (TPSA) is 123 Å². The quantitative estimate of drug-likeness (QED) is 0.135. The Balaban J connectivity index is 3.39. The summed E-state index contributed by atoms with van der Waals surface area (Å²) in [6.45, 7) is 13.4. The molecule has 0 bridgehead atoms. The van der Waals surface area contributed by atoms with Gasteiger partial charge in [-0.25, -0.2) is 4.79 Å². The molecule has 0 aromatic heterocycles. The number of ether oxygens (including phenoxy) is 3. The van der Waals surface area contributed by atoms with Crippen LogP contribution in [0.2, 0.25) is 0 Å². The molecule has 6 atom stereocenters. The highest BCUT2D eigenvalue weighted by Crippen LogP contribution is 2.21. The number of carbonyl (C=O) groups is 3. The zero-order valence-electron chi connectivity index (χ0n) is 31.5. The lowest BCUT2D eigenvalue weighted by Gasteiger charge is -2.23. The fraction of sp³-hybridized carbons (Fsp3) is 0.488. The second-order valence-electron chi connectivity index (χ2n) is 12.8. The fourth-order valence-corrected chi connectivity index (χ4v) is 5.05. The molecular formula is C41H60N2O7. The molecule has 276 valence electrons. The second kappa shape index (κ2) is 25.0. The normalized spacial score (nSPS) is 30.3. The number of nitrogens with one attached hydrogen (secondary N) is 2. The van der Waals surface area contributed by atoms with Crippen LogP contribution in [0.1, 0.15) is 67.7 Å². The van der Waals surface area contributed by atoms with E-state index in [4.69, 9.17) is 14.2 Å². The molecule has 1 aliphatic heterocycles. The van der Waals surface area contributed by atoms with Gasteiger partial charge in [-0.3, -0.25) is 9.59 Å². The van der Waals surface area contributed by atoms with Crippen molar-refractivity contribution < 1.29 is 33.7 Å². The molecule has 6 unspecified atom stereocenters. The highest BCUT2D eigenvalue weighted by molar-refractivity contribution is 5.88. The molecule has 0 aliphatic carbocycles. The average Bonchev–Trinajstić information content (AvgIpc) is 3.09. The van der Waals surface area contributed by atoms with Crippen LogP contribution in [0.25, 0.3) is 0 Å². The first-order valence-corrected chi connectivity index (χ1v) is 17.3. The summed E-state index contributed by atoms with van der Waals surface area (Å²) in [5, 5.41) is 14.3. The van der Waals surface area contributed by atoms with Crippen molar-refractivity contribution >= 4 is 18.3 Å². The van der Waals surface area contributed by atoms with Gasteiger partial charge in [0.1, 0.15) is 12.1 Å². The number of aliphatic hydroxyl groups is 1. The zero-order chi connectivity index (χ0) is 37.5. The van der Waals surface area contributed by atoms with E-state index >= 15 is 0 Å². The summed E-state index contributed by atoms with van der Waals surface area (Å²) in [5.74, 6) is -1.06. The minimum Gasteiger partial charge on any atom is -0.454 e. The van der Waals surface area contributed by atoms with Gasteiger partial charge in [-0.2, -0.15) is 0 Å². The Bertz CT molecular complexity index is 1360. The molecule has 3 N–H and O–H groups in total. The van der Waals surface area contributed by atoms with Gasteiger partial charge in [0.2, 0.25) is 12.3 Å². The van der Waals surface area contributed by atoms with Gasteiger partial charge in [0.05, 0.1) is 18.8 Å². The van der Waals surface area contributed by atoms with Crippen LogP contribution in [-0.4, -0.2) is 75.1 Å². The number of rotatable bonds is 10. The number of amides is 2. The van der Waals surface area contributed by atoms with Crippen molar-refractivity contribution in [3.8, 4) is 0 Å². The van der Waals surface area contributed by atoms with Crippen LogP contribution >= 0.6 is 0 Å². The van der Waals surface area contributed by atoms with Crippen molar-refractivity contribution in [3.05, 3.63) is 107 Å². The van der Waals surface area contributed by atoms with Crippen molar-refractivity contribution in [2.45, 2.75) is 92.1 Å². The molecule has 0 saturated heterocycles. The number of hydrogen-bond acceptors (Lipinski definition) is 7. The summed E-state index contributed by atoms with van der Waals surface area (Å²) in [6, 6.07) is -1.02. The SMILES string of the molecule is COC1/C=C(C)/C=C/C(C)/C=C(\C)C(=O)OC(/C(C)=C/C=C(\C)CNC(=O)C(CO)NC=O)C(C)/C=C/C=C/C(OC)CC/C=C(C)/C=C/C1. The van der Waals surface area contributed by atoms with Crippen molar-refractivity contribution in [3.63, 3.8) is 0 Å². The molecule has 50 heavy (non-hydrogen) atoms. The predicted octanol–water partition coefficient (Wildman–Crippen LogP) is 6.56. The van der Waals surface area contributed by atoms with Crippen LogP contribution in [-0.2, 0) is 28.6 Å². The first-order chi connectivity index (χ1) is 23.8. The Hall–Kier alpha value is -4.05. The van der Waals surface area contributed by atoms with Crippen LogP contribution in [0.3, 0.4) is 0 Å². The van der Waals surface area contributed by atoms with Gasteiger partial charge in [0.15, 0.2) is 0 Å². The van der Waals surface area contributed by atoms with E-state index in [0.717, 1.165) is 36.0 Å². The maximum atomic E-state index is 13.4. The molecule has 9 heteroatoms. The smallest absolute Gasteiger partial charge is 0.334 e. The van der Waals surface area contributed by atoms with Crippen molar-refractivity contribution in [2.24, 2.45) is 11.8 Å². The summed E-state index contributed by atoms with van der Waals surface area (Å²) in [4.78, 5) is 36.3. The third-order valence-corrected chi connectivity index (χ3v) is 8.17. The molecule has 0 saturated carbocycles. The molecule has 0 fully saturated rings. The van der Waals surface area contributed by atoms with Crippen LogP contribution in [0, 0.1) is 11.8 Å². The maximum Gasteiger partial charge on any atom is 0.334 e. The van der Waals surface area contributed by atoms with E-state index in [1.54, 1.807) is 21.1 Å². The van der Waals surface area contributed by atoms with Crippen LogP contribution < -0.4 is 10.6 Å². The van der Waals surface area contributed by atoms with Gasteiger partial charge in [-0.1, -0.05) is 110 Å². The molecule has 9 nitrogen and oxygen atoms in total.